The van der Waals surface area contributed by atoms with Crippen molar-refractivity contribution in [1.29, 1.82) is 0 Å². The first-order valence-corrected chi connectivity index (χ1v) is 8.98. The van der Waals surface area contributed by atoms with Gasteiger partial charge in [-0.15, -0.1) is 0 Å². The standard InChI is InChI=1S/C20H19ClN2O4/c1-2-20(19(26)27,14-5-7-15(21)8-6-14)23-18(25)13-3-9-16-12(11-13)4-10-17(24)22-16/h3,5-9,11H,2,4,10H2,1H3,(H,22,24)(H,23,25)(H,26,27). The number of rotatable bonds is 5. The Morgan fingerprint density at radius 3 is 2.52 bits per heavy atom. The first kappa shape index (κ1) is 18.9. The van der Waals surface area contributed by atoms with E-state index < -0.39 is 17.4 Å². The number of carbonyl (C=O) groups excluding carboxylic acids is 2. The third-order valence-electron chi connectivity index (χ3n) is 4.82. The Balaban J connectivity index is 1.92. The quantitative estimate of drug-likeness (QED) is 0.734. The molecule has 1 aliphatic heterocycles. The van der Waals surface area contributed by atoms with Gasteiger partial charge < -0.3 is 15.7 Å². The van der Waals surface area contributed by atoms with Crippen molar-refractivity contribution in [2.24, 2.45) is 0 Å². The molecule has 1 unspecified atom stereocenters. The molecule has 1 aliphatic rings. The molecule has 0 aliphatic carbocycles. The lowest BCUT2D eigenvalue weighted by atomic mass is 9.86. The molecule has 0 aromatic heterocycles. The van der Waals surface area contributed by atoms with Crippen molar-refractivity contribution in [3.05, 3.63) is 64.2 Å². The second kappa shape index (κ2) is 7.40. The number of hydrogen-bond donors (Lipinski definition) is 3. The first-order valence-electron chi connectivity index (χ1n) is 8.60. The predicted octanol–water partition coefficient (Wildman–Crippen LogP) is 3.34. The second-order valence-electron chi connectivity index (χ2n) is 6.45. The second-order valence-corrected chi connectivity index (χ2v) is 6.88. The van der Waals surface area contributed by atoms with Gasteiger partial charge in [-0.25, -0.2) is 4.79 Å². The minimum atomic E-state index is -1.56. The Bertz CT molecular complexity index is 911. The summed E-state index contributed by atoms with van der Waals surface area (Å²) in [5, 5.41) is 15.8. The SMILES string of the molecule is CCC(NC(=O)c1ccc2c(c1)CCC(=O)N2)(C(=O)O)c1ccc(Cl)cc1. The van der Waals surface area contributed by atoms with Gasteiger partial charge in [-0.2, -0.15) is 0 Å². The van der Waals surface area contributed by atoms with E-state index in [1.54, 1.807) is 49.4 Å². The van der Waals surface area contributed by atoms with Crippen LogP contribution in [0, 0.1) is 0 Å². The van der Waals surface area contributed by atoms with Crippen molar-refractivity contribution in [2.45, 2.75) is 31.7 Å². The smallest absolute Gasteiger partial charge is 0.334 e. The van der Waals surface area contributed by atoms with Crippen molar-refractivity contribution in [3.8, 4) is 0 Å². The van der Waals surface area contributed by atoms with Crippen LogP contribution in [0.3, 0.4) is 0 Å². The van der Waals surface area contributed by atoms with Gasteiger partial charge >= 0.3 is 5.97 Å². The third kappa shape index (κ3) is 3.66. The van der Waals surface area contributed by atoms with Gasteiger partial charge in [-0.3, -0.25) is 9.59 Å². The number of hydrogen-bond acceptors (Lipinski definition) is 3. The molecule has 0 bridgehead atoms. The van der Waals surface area contributed by atoms with Gasteiger partial charge in [0, 0.05) is 22.7 Å². The van der Waals surface area contributed by atoms with E-state index in [-0.39, 0.29) is 12.3 Å². The highest BCUT2D eigenvalue weighted by molar-refractivity contribution is 6.30. The number of carbonyl (C=O) groups is 3. The van der Waals surface area contributed by atoms with Crippen LogP contribution in [-0.2, 0) is 21.5 Å². The van der Waals surface area contributed by atoms with E-state index in [0.29, 0.717) is 34.7 Å². The number of aryl methyl sites for hydroxylation is 1. The van der Waals surface area contributed by atoms with Gasteiger partial charge in [0.25, 0.3) is 5.91 Å². The van der Waals surface area contributed by atoms with Crippen LogP contribution in [0.25, 0.3) is 0 Å². The highest BCUT2D eigenvalue weighted by atomic mass is 35.5. The summed E-state index contributed by atoms with van der Waals surface area (Å²) >= 11 is 5.90. The lowest BCUT2D eigenvalue weighted by Gasteiger charge is -2.30. The molecule has 6 nitrogen and oxygen atoms in total. The van der Waals surface area contributed by atoms with E-state index in [9.17, 15) is 19.5 Å². The molecule has 3 rings (SSSR count). The minimum absolute atomic E-state index is 0.0571. The number of aliphatic carboxylic acids is 1. The fourth-order valence-electron chi connectivity index (χ4n) is 3.22. The van der Waals surface area contributed by atoms with E-state index in [2.05, 4.69) is 10.6 Å². The van der Waals surface area contributed by atoms with Crippen molar-refractivity contribution in [3.63, 3.8) is 0 Å². The molecule has 3 N–H and O–H groups in total. The predicted molar refractivity (Wildman–Crippen MR) is 102 cm³/mol. The molecule has 0 radical (unpaired) electrons. The number of halogens is 1. The zero-order valence-electron chi connectivity index (χ0n) is 14.7. The van der Waals surface area contributed by atoms with Gasteiger partial charge in [0.15, 0.2) is 5.54 Å². The van der Waals surface area contributed by atoms with Crippen LogP contribution in [0.2, 0.25) is 5.02 Å². The summed E-state index contributed by atoms with van der Waals surface area (Å²) in [6.07, 6.45) is 1.06. The minimum Gasteiger partial charge on any atom is -0.479 e. The molecule has 2 aromatic rings. The average molecular weight is 387 g/mol. The first-order chi connectivity index (χ1) is 12.9. The Labute approximate surface area is 161 Å². The van der Waals surface area contributed by atoms with Crippen molar-refractivity contribution in [2.75, 3.05) is 5.32 Å². The topological polar surface area (TPSA) is 95.5 Å². The lowest BCUT2D eigenvalue weighted by Crippen LogP contribution is -2.51. The Morgan fingerprint density at radius 1 is 1.19 bits per heavy atom. The Morgan fingerprint density at radius 2 is 1.89 bits per heavy atom. The van der Waals surface area contributed by atoms with Gasteiger partial charge in [-0.1, -0.05) is 30.7 Å². The summed E-state index contributed by atoms with van der Waals surface area (Å²) in [5.74, 6) is -1.70. The maximum absolute atomic E-state index is 12.8. The van der Waals surface area contributed by atoms with Crippen LogP contribution in [0.1, 0.15) is 41.3 Å². The van der Waals surface area contributed by atoms with Gasteiger partial charge in [0.05, 0.1) is 0 Å². The number of anilines is 1. The summed E-state index contributed by atoms with van der Waals surface area (Å²) in [6.45, 7) is 1.70. The van der Waals surface area contributed by atoms with Crippen molar-refractivity contribution in [1.82, 2.24) is 5.32 Å². The third-order valence-corrected chi connectivity index (χ3v) is 5.07. The molecular weight excluding hydrogens is 368 g/mol. The summed E-state index contributed by atoms with van der Waals surface area (Å²) < 4.78 is 0. The van der Waals surface area contributed by atoms with Gasteiger partial charge in [-0.05, 0) is 54.3 Å². The monoisotopic (exact) mass is 386 g/mol. The molecule has 0 fully saturated rings. The number of carboxylic acid groups (broad SMARTS) is 1. The largest absolute Gasteiger partial charge is 0.479 e. The van der Waals surface area contributed by atoms with Crippen LogP contribution in [0.4, 0.5) is 5.69 Å². The molecule has 27 heavy (non-hydrogen) atoms. The summed E-state index contributed by atoms with van der Waals surface area (Å²) in [7, 11) is 0. The number of carboxylic acids is 1. The number of benzene rings is 2. The molecule has 2 amide bonds. The molecule has 1 heterocycles. The van der Waals surface area contributed by atoms with Crippen LogP contribution < -0.4 is 10.6 Å². The number of fused-ring (bicyclic) bond motifs is 1. The highest BCUT2D eigenvalue weighted by Crippen LogP contribution is 2.29. The van der Waals surface area contributed by atoms with Crippen molar-refractivity contribution < 1.29 is 19.5 Å². The molecule has 2 aromatic carbocycles. The van der Waals surface area contributed by atoms with Crippen LogP contribution >= 0.6 is 11.6 Å². The number of nitrogens with one attached hydrogen (secondary N) is 2. The number of amides is 2. The van der Waals surface area contributed by atoms with E-state index >= 15 is 0 Å². The average Bonchev–Trinajstić information content (AvgIpc) is 2.66. The normalized spacial score (nSPS) is 15.3. The molecule has 0 spiro atoms. The van der Waals surface area contributed by atoms with Gasteiger partial charge in [0.1, 0.15) is 0 Å². The van der Waals surface area contributed by atoms with Gasteiger partial charge in [0.2, 0.25) is 5.91 Å². The Hall–Kier alpha value is -2.86. The van der Waals surface area contributed by atoms with Crippen LogP contribution in [0.15, 0.2) is 42.5 Å². The summed E-state index contributed by atoms with van der Waals surface area (Å²) in [5.41, 5.74) is 0.760. The molecule has 0 saturated carbocycles. The molecular formula is C20H19ClN2O4. The lowest BCUT2D eigenvalue weighted by molar-refractivity contribution is -0.145. The van der Waals surface area contributed by atoms with E-state index in [4.69, 9.17) is 11.6 Å². The molecule has 1 atom stereocenters. The fraction of sp³-hybridized carbons (Fsp3) is 0.250. The zero-order chi connectivity index (χ0) is 19.6. The maximum atomic E-state index is 12.8. The maximum Gasteiger partial charge on any atom is 0.334 e. The highest BCUT2D eigenvalue weighted by Gasteiger charge is 2.40. The molecule has 140 valence electrons. The Kier molecular flexibility index (Phi) is 5.19. The van der Waals surface area contributed by atoms with Crippen LogP contribution in [0.5, 0.6) is 0 Å². The van der Waals surface area contributed by atoms with E-state index in [1.807, 2.05) is 0 Å². The van der Waals surface area contributed by atoms with Crippen molar-refractivity contribution >= 4 is 35.1 Å². The molecule has 7 heteroatoms. The summed E-state index contributed by atoms with van der Waals surface area (Å²) in [4.78, 5) is 36.4. The van der Waals surface area contributed by atoms with E-state index in [0.717, 1.165) is 5.56 Å². The zero-order valence-corrected chi connectivity index (χ0v) is 15.5. The fourth-order valence-corrected chi connectivity index (χ4v) is 3.34. The van der Waals surface area contributed by atoms with Crippen LogP contribution in [-0.4, -0.2) is 22.9 Å². The summed E-state index contributed by atoms with van der Waals surface area (Å²) in [6, 6.07) is 11.3. The molecule has 0 saturated heterocycles. The van der Waals surface area contributed by atoms with E-state index in [1.165, 1.54) is 0 Å².